The van der Waals surface area contributed by atoms with E-state index in [0.29, 0.717) is 17.8 Å². The van der Waals surface area contributed by atoms with Crippen LogP contribution in [0.1, 0.15) is 41.3 Å². The molecule has 0 aliphatic carbocycles. The molecule has 0 atom stereocenters. The van der Waals surface area contributed by atoms with E-state index in [1.54, 1.807) is 41.8 Å². The summed E-state index contributed by atoms with van der Waals surface area (Å²) in [6, 6.07) is 18.1. The van der Waals surface area contributed by atoms with Gasteiger partial charge in [-0.15, -0.1) is 11.3 Å². The van der Waals surface area contributed by atoms with Gasteiger partial charge in [0.25, 0.3) is 15.9 Å². The number of hydrogen-bond acceptors (Lipinski definition) is 5. The number of carbonyl (C=O) groups is 1. The number of nitrogens with zero attached hydrogens (tertiary/aromatic N) is 1. The molecule has 33 heavy (non-hydrogen) atoms. The van der Waals surface area contributed by atoms with Crippen LogP contribution in [0.3, 0.4) is 0 Å². The fraction of sp³-hybridized carbons (Fsp3) is 0.320. The Hall–Kier alpha value is -2.68. The molecule has 1 amide bonds. The topological polar surface area (TPSA) is 78.5 Å². The van der Waals surface area contributed by atoms with E-state index in [9.17, 15) is 13.2 Å². The van der Waals surface area contributed by atoms with E-state index in [1.807, 2.05) is 12.1 Å². The zero-order valence-electron chi connectivity index (χ0n) is 18.7. The molecule has 1 aromatic heterocycles. The summed E-state index contributed by atoms with van der Waals surface area (Å²) < 4.78 is 27.6. The Labute approximate surface area is 199 Å². The third-order valence-corrected chi connectivity index (χ3v) is 8.67. The van der Waals surface area contributed by atoms with Gasteiger partial charge < -0.3 is 5.32 Å². The van der Waals surface area contributed by atoms with Gasteiger partial charge in [0.15, 0.2) is 0 Å². The normalized spacial score (nSPS) is 15.3. The largest absolute Gasteiger partial charge is 0.348 e. The second kappa shape index (κ2) is 10.5. The molecule has 3 aromatic rings. The number of sulfonamides is 1. The van der Waals surface area contributed by atoms with E-state index in [2.05, 4.69) is 34.0 Å². The fourth-order valence-electron chi connectivity index (χ4n) is 3.87. The van der Waals surface area contributed by atoms with Gasteiger partial charge in [-0.25, -0.2) is 8.42 Å². The van der Waals surface area contributed by atoms with E-state index in [1.165, 1.54) is 18.4 Å². The predicted molar refractivity (Wildman–Crippen MR) is 133 cm³/mol. The van der Waals surface area contributed by atoms with E-state index in [4.69, 9.17) is 0 Å². The second-order valence-electron chi connectivity index (χ2n) is 8.58. The Kier molecular flexibility index (Phi) is 7.47. The minimum absolute atomic E-state index is 0.232. The number of hydrogen-bond donors (Lipinski definition) is 2. The number of anilines is 1. The maximum Gasteiger partial charge on any atom is 0.271 e. The lowest BCUT2D eigenvalue weighted by atomic mass is 9.99. The Morgan fingerprint density at radius 2 is 1.76 bits per heavy atom. The molecule has 174 valence electrons. The first-order chi connectivity index (χ1) is 15.9. The number of thiophene rings is 1. The van der Waals surface area contributed by atoms with Crippen LogP contribution in [0.15, 0.2) is 70.3 Å². The van der Waals surface area contributed by atoms with Gasteiger partial charge in [0, 0.05) is 24.3 Å². The van der Waals surface area contributed by atoms with Crippen molar-refractivity contribution < 1.29 is 13.2 Å². The van der Waals surface area contributed by atoms with Crippen LogP contribution in [0.5, 0.6) is 0 Å². The van der Waals surface area contributed by atoms with Gasteiger partial charge in [0.05, 0.1) is 0 Å². The van der Waals surface area contributed by atoms with Crippen molar-refractivity contribution in [2.75, 3.05) is 17.8 Å². The SMILES string of the molecule is CC1CCN(Cc2ccc(CNC(=O)c3cccc(NS(=O)(=O)c4cccs4)c3)cc2)CC1. The zero-order valence-corrected chi connectivity index (χ0v) is 20.3. The standard InChI is InChI=1S/C25H29N3O3S2/c1-19-11-13-28(14-12-19)18-21-9-7-20(8-10-21)17-26-25(29)22-4-2-5-23(16-22)27-33(30,31)24-6-3-15-32-24/h2-10,15-16,19,27H,11-14,17-18H2,1H3,(H,26,29). The maximum atomic E-state index is 12.6. The van der Waals surface area contributed by atoms with Crippen LogP contribution in [0.4, 0.5) is 5.69 Å². The molecule has 1 aliphatic heterocycles. The summed E-state index contributed by atoms with van der Waals surface area (Å²) in [5.41, 5.74) is 3.06. The van der Waals surface area contributed by atoms with Crippen molar-refractivity contribution in [1.82, 2.24) is 10.2 Å². The van der Waals surface area contributed by atoms with Crippen molar-refractivity contribution in [3.63, 3.8) is 0 Å². The van der Waals surface area contributed by atoms with E-state index in [-0.39, 0.29) is 10.1 Å². The van der Waals surface area contributed by atoms with Crippen molar-refractivity contribution in [2.45, 2.75) is 37.1 Å². The molecule has 4 rings (SSSR count). The summed E-state index contributed by atoms with van der Waals surface area (Å²) in [6.07, 6.45) is 2.53. The van der Waals surface area contributed by atoms with Crippen molar-refractivity contribution in [3.8, 4) is 0 Å². The molecule has 1 fully saturated rings. The van der Waals surface area contributed by atoms with Crippen LogP contribution >= 0.6 is 11.3 Å². The number of rotatable bonds is 8. The Morgan fingerprint density at radius 1 is 1.03 bits per heavy atom. The van der Waals surface area contributed by atoms with Gasteiger partial charge in [-0.2, -0.15) is 0 Å². The van der Waals surface area contributed by atoms with Crippen LogP contribution in [0.2, 0.25) is 0 Å². The summed E-state index contributed by atoms with van der Waals surface area (Å²) in [6.45, 7) is 6.00. The van der Waals surface area contributed by atoms with Gasteiger partial charge in [0.1, 0.15) is 4.21 Å². The lowest BCUT2D eigenvalue weighted by Gasteiger charge is -2.30. The molecular weight excluding hydrogens is 454 g/mol. The maximum absolute atomic E-state index is 12.6. The van der Waals surface area contributed by atoms with E-state index >= 15 is 0 Å². The number of piperidine rings is 1. The molecule has 0 spiro atoms. The third kappa shape index (κ3) is 6.43. The molecule has 8 heteroatoms. The van der Waals surface area contributed by atoms with Crippen LogP contribution in [0, 0.1) is 5.92 Å². The number of likely N-dealkylation sites (tertiary alicyclic amines) is 1. The molecule has 0 bridgehead atoms. The molecule has 0 saturated carbocycles. The number of amides is 1. The monoisotopic (exact) mass is 483 g/mol. The lowest BCUT2D eigenvalue weighted by Crippen LogP contribution is -2.32. The predicted octanol–water partition coefficient (Wildman–Crippen LogP) is 4.71. The first-order valence-corrected chi connectivity index (χ1v) is 13.5. The molecule has 6 nitrogen and oxygen atoms in total. The molecule has 2 aromatic carbocycles. The first-order valence-electron chi connectivity index (χ1n) is 11.1. The highest BCUT2D eigenvalue weighted by Crippen LogP contribution is 2.21. The quantitative estimate of drug-likeness (QED) is 0.486. The highest BCUT2D eigenvalue weighted by atomic mass is 32.2. The van der Waals surface area contributed by atoms with Gasteiger partial charge >= 0.3 is 0 Å². The molecular formula is C25H29N3O3S2. The van der Waals surface area contributed by atoms with Crippen LogP contribution in [0.25, 0.3) is 0 Å². The van der Waals surface area contributed by atoms with Gasteiger partial charge in [-0.1, -0.05) is 43.3 Å². The molecule has 2 N–H and O–H groups in total. The number of benzene rings is 2. The summed E-state index contributed by atoms with van der Waals surface area (Å²) in [5, 5.41) is 4.62. The molecule has 0 unspecified atom stereocenters. The lowest BCUT2D eigenvalue weighted by molar-refractivity contribution is 0.0951. The summed E-state index contributed by atoms with van der Waals surface area (Å²) in [4.78, 5) is 15.1. The van der Waals surface area contributed by atoms with Crippen LogP contribution in [-0.4, -0.2) is 32.3 Å². The van der Waals surface area contributed by atoms with Crippen molar-refractivity contribution in [3.05, 3.63) is 82.7 Å². The average Bonchev–Trinajstić information content (AvgIpc) is 3.36. The van der Waals surface area contributed by atoms with Gasteiger partial charge in [-0.05, 0) is 72.6 Å². The number of nitrogens with one attached hydrogen (secondary N) is 2. The molecule has 2 heterocycles. The molecule has 0 radical (unpaired) electrons. The summed E-state index contributed by atoms with van der Waals surface area (Å²) in [7, 11) is -3.65. The van der Waals surface area contributed by atoms with Gasteiger partial charge in [0.2, 0.25) is 0 Å². The zero-order chi connectivity index (χ0) is 23.3. The number of carbonyl (C=O) groups excluding carboxylic acids is 1. The molecule has 1 saturated heterocycles. The minimum Gasteiger partial charge on any atom is -0.348 e. The average molecular weight is 484 g/mol. The van der Waals surface area contributed by atoms with Crippen LogP contribution in [-0.2, 0) is 23.1 Å². The van der Waals surface area contributed by atoms with Crippen molar-refractivity contribution >= 4 is 33.0 Å². The smallest absolute Gasteiger partial charge is 0.271 e. The Bertz CT molecular complexity index is 1170. The van der Waals surface area contributed by atoms with Gasteiger partial charge in [-0.3, -0.25) is 14.4 Å². The Morgan fingerprint density at radius 3 is 2.45 bits per heavy atom. The molecule has 1 aliphatic rings. The Balaban J connectivity index is 1.31. The second-order valence-corrected chi connectivity index (χ2v) is 11.4. The highest BCUT2D eigenvalue weighted by molar-refractivity contribution is 7.94. The van der Waals surface area contributed by atoms with E-state index in [0.717, 1.165) is 42.5 Å². The highest BCUT2D eigenvalue weighted by Gasteiger charge is 2.17. The minimum atomic E-state index is -3.65. The first kappa shape index (κ1) is 23.5. The summed E-state index contributed by atoms with van der Waals surface area (Å²) in [5.74, 6) is 0.577. The van der Waals surface area contributed by atoms with Crippen molar-refractivity contribution in [1.29, 1.82) is 0 Å². The van der Waals surface area contributed by atoms with Crippen LogP contribution < -0.4 is 10.0 Å². The van der Waals surface area contributed by atoms with E-state index < -0.39 is 10.0 Å². The van der Waals surface area contributed by atoms with Crippen molar-refractivity contribution in [2.24, 2.45) is 5.92 Å². The summed E-state index contributed by atoms with van der Waals surface area (Å²) >= 11 is 1.14. The third-order valence-electron chi connectivity index (χ3n) is 5.90. The fourth-order valence-corrected chi connectivity index (χ4v) is 5.91.